The molecule has 4 rings (SSSR count). The molecule has 2 aromatic rings. The van der Waals surface area contributed by atoms with Gasteiger partial charge in [0.05, 0.1) is 5.56 Å². The summed E-state index contributed by atoms with van der Waals surface area (Å²) < 4.78 is 5.42. The molecule has 2 aliphatic carbocycles. The van der Waals surface area contributed by atoms with Crippen molar-refractivity contribution in [1.29, 1.82) is 0 Å². The first-order valence-electron chi connectivity index (χ1n) is 8.87. The molecule has 7 heteroatoms. The molecular formula is C19H20N2O4S. The number of hydrogen-bond donors (Lipinski definition) is 1. The fraction of sp³-hybridized carbons (Fsp3) is 0.474. The van der Waals surface area contributed by atoms with Crippen LogP contribution in [0.4, 0.5) is 0 Å². The first-order valence-corrected chi connectivity index (χ1v) is 9.68. The second-order valence-electron chi connectivity index (χ2n) is 7.01. The highest BCUT2D eigenvalue weighted by Crippen LogP contribution is 2.50. The number of aliphatic carboxylic acids is 1. The highest BCUT2D eigenvalue weighted by Gasteiger charge is 2.34. The number of aromatic nitrogens is 2. The molecule has 1 fully saturated rings. The minimum absolute atomic E-state index is 0.0963. The Labute approximate surface area is 154 Å². The van der Waals surface area contributed by atoms with E-state index in [1.807, 2.05) is 0 Å². The van der Waals surface area contributed by atoms with Crippen LogP contribution in [0.25, 0.3) is 11.5 Å². The van der Waals surface area contributed by atoms with Gasteiger partial charge in [-0.05, 0) is 57.4 Å². The first-order chi connectivity index (χ1) is 12.5. The molecule has 0 radical (unpaired) electrons. The zero-order valence-corrected chi connectivity index (χ0v) is 15.6. The molecular weight excluding hydrogens is 352 g/mol. The number of allylic oxidation sites excluding steroid dienone is 1. The quantitative estimate of drug-likeness (QED) is 0.825. The van der Waals surface area contributed by atoms with Crippen molar-refractivity contribution in [1.82, 2.24) is 10.1 Å². The van der Waals surface area contributed by atoms with Crippen LogP contribution >= 0.6 is 11.3 Å². The van der Waals surface area contributed by atoms with Crippen LogP contribution in [0.2, 0.25) is 0 Å². The summed E-state index contributed by atoms with van der Waals surface area (Å²) in [6.07, 6.45) is 4.23. The Morgan fingerprint density at radius 3 is 2.58 bits per heavy atom. The lowest BCUT2D eigenvalue weighted by Gasteiger charge is -2.05. The second-order valence-corrected chi connectivity index (χ2v) is 8.32. The Bertz CT molecular complexity index is 933. The minimum atomic E-state index is -0.973. The van der Waals surface area contributed by atoms with E-state index in [9.17, 15) is 14.7 Å². The topological polar surface area (TPSA) is 93.3 Å². The van der Waals surface area contributed by atoms with Crippen LogP contribution < -0.4 is 0 Å². The number of Topliss-reactive ketones (excluding diaryl/α,β-unsaturated/α-hetero) is 1. The summed E-state index contributed by atoms with van der Waals surface area (Å²) in [6.45, 7) is 3.84. The van der Waals surface area contributed by atoms with Crippen LogP contribution in [0, 0.1) is 13.8 Å². The third-order valence-corrected chi connectivity index (χ3v) is 6.19. The molecule has 26 heavy (non-hydrogen) atoms. The van der Waals surface area contributed by atoms with Gasteiger partial charge in [0.15, 0.2) is 11.6 Å². The fourth-order valence-corrected chi connectivity index (χ4v) is 5.03. The lowest BCUT2D eigenvalue weighted by Crippen LogP contribution is -2.10. The number of aryl methyl sites for hydroxylation is 2. The summed E-state index contributed by atoms with van der Waals surface area (Å²) >= 11 is 1.59. The van der Waals surface area contributed by atoms with E-state index in [2.05, 4.69) is 17.1 Å². The van der Waals surface area contributed by atoms with Gasteiger partial charge in [-0.2, -0.15) is 4.98 Å². The van der Waals surface area contributed by atoms with Crippen molar-refractivity contribution in [3.05, 3.63) is 32.3 Å². The van der Waals surface area contributed by atoms with E-state index in [0.717, 1.165) is 29.7 Å². The summed E-state index contributed by atoms with van der Waals surface area (Å²) in [7, 11) is 0. The van der Waals surface area contributed by atoms with Crippen molar-refractivity contribution in [2.24, 2.45) is 0 Å². The maximum Gasteiger partial charge on any atom is 0.331 e. The summed E-state index contributed by atoms with van der Waals surface area (Å²) in [5, 5.41) is 13.2. The molecule has 2 heterocycles. The first kappa shape index (κ1) is 17.1. The predicted molar refractivity (Wildman–Crippen MR) is 96.3 cm³/mol. The Hall–Kier alpha value is -2.28. The van der Waals surface area contributed by atoms with Gasteiger partial charge in [-0.1, -0.05) is 5.16 Å². The third kappa shape index (κ3) is 3.00. The Morgan fingerprint density at radius 1 is 1.23 bits per heavy atom. The van der Waals surface area contributed by atoms with E-state index < -0.39 is 5.97 Å². The lowest BCUT2D eigenvalue weighted by atomic mass is 9.98. The number of carbonyl (C=O) groups is 2. The van der Waals surface area contributed by atoms with Crippen molar-refractivity contribution in [2.45, 2.75) is 58.3 Å². The Kier molecular flexibility index (Phi) is 4.26. The predicted octanol–water partition coefficient (Wildman–Crippen LogP) is 3.97. The lowest BCUT2D eigenvalue weighted by molar-refractivity contribution is -0.133. The number of nitrogens with zero attached hydrogens (tertiary/aromatic N) is 2. The molecule has 1 saturated carbocycles. The van der Waals surface area contributed by atoms with Crippen molar-refractivity contribution in [2.75, 3.05) is 0 Å². The van der Waals surface area contributed by atoms with E-state index in [1.54, 1.807) is 18.3 Å². The van der Waals surface area contributed by atoms with Crippen molar-refractivity contribution >= 4 is 23.1 Å². The number of ketones is 1. The number of carboxylic acid groups (broad SMARTS) is 1. The molecule has 0 bridgehead atoms. The molecule has 0 amide bonds. The second kappa shape index (κ2) is 6.46. The number of carboxylic acids is 1. The van der Waals surface area contributed by atoms with Crippen molar-refractivity contribution in [3.8, 4) is 11.5 Å². The van der Waals surface area contributed by atoms with Gasteiger partial charge in [0, 0.05) is 27.3 Å². The van der Waals surface area contributed by atoms with Gasteiger partial charge in [0.1, 0.15) is 0 Å². The van der Waals surface area contributed by atoms with Gasteiger partial charge in [-0.3, -0.25) is 4.79 Å². The Balaban J connectivity index is 1.73. The molecule has 0 aliphatic heterocycles. The monoisotopic (exact) mass is 372 g/mol. The molecule has 2 aliphatic rings. The van der Waals surface area contributed by atoms with E-state index in [-0.39, 0.29) is 17.8 Å². The average molecular weight is 372 g/mol. The van der Waals surface area contributed by atoms with Crippen LogP contribution in [0.15, 0.2) is 15.7 Å². The maximum absolute atomic E-state index is 12.8. The number of rotatable bonds is 6. The van der Waals surface area contributed by atoms with Crippen LogP contribution in [0.5, 0.6) is 0 Å². The molecule has 0 spiro atoms. The van der Waals surface area contributed by atoms with Gasteiger partial charge in [-0.25, -0.2) is 4.79 Å². The molecule has 1 N–H and O–H groups in total. The van der Waals surface area contributed by atoms with Gasteiger partial charge in [0.2, 0.25) is 0 Å². The molecule has 136 valence electrons. The number of hydrogen-bond acceptors (Lipinski definition) is 6. The van der Waals surface area contributed by atoms with E-state index in [1.165, 1.54) is 10.4 Å². The zero-order chi connectivity index (χ0) is 18.4. The van der Waals surface area contributed by atoms with Crippen LogP contribution in [-0.2, 0) is 16.0 Å². The van der Waals surface area contributed by atoms with Gasteiger partial charge in [-0.15, -0.1) is 11.3 Å². The fourth-order valence-electron chi connectivity index (χ4n) is 3.78. The van der Waals surface area contributed by atoms with Crippen molar-refractivity contribution in [3.63, 3.8) is 0 Å². The normalized spacial score (nSPS) is 17.2. The van der Waals surface area contributed by atoms with Crippen LogP contribution in [0.1, 0.15) is 59.2 Å². The zero-order valence-electron chi connectivity index (χ0n) is 14.8. The summed E-state index contributed by atoms with van der Waals surface area (Å²) in [5.74, 6) is 0.461. The maximum atomic E-state index is 12.8. The SMILES string of the molecule is Cc1noc(-c2c(CC(=O)C3=C(C(=O)O)CCC3)sc(C)c2C2CC2)n1. The van der Waals surface area contributed by atoms with Crippen molar-refractivity contribution < 1.29 is 19.2 Å². The third-order valence-electron chi connectivity index (χ3n) is 5.06. The molecule has 0 saturated heterocycles. The molecule has 0 atom stereocenters. The summed E-state index contributed by atoms with van der Waals surface area (Å²) in [4.78, 5) is 30.7. The highest BCUT2D eigenvalue weighted by atomic mass is 32.1. The Morgan fingerprint density at radius 2 is 1.96 bits per heavy atom. The molecule has 0 unspecified atom stereocenters. The van der Waals surface area contributed by atoms with Gasteiger partial charge in [0.25, 0.3) is 5.89 Å². The highest BCUT2D eigenvalue weighted by molar-refractivity contribution is 7.12. The number of carbonyl (C=O) groups excluding carboxylic acids is 1. The molecule has 6 nitrogen and oxygen atoms in total. The largest absolute Gasteiger partial charge is 0.478 e. The van der Waals surface area contributed by atoms with E-state index in [0.29, 0.717) is 36.0 Å². The summed E-state index contributed by atoms with van der Waals surface area (Å²) in [6, 6.07) is 0. The summed E-state index contributed by atoms with van der Waals surface area (Å²) in [5.41, 5.74) is 2.88. The number of thiophene rings is 1. The molecule has 2 aromatic heterocycles. The van der Waals surface area contributed by atoms with Crippen LogP contribution in [-0.4, -0.2) is 27.0 Å². The average Bonchev–Trinajstić information content (AvgIpc) is 3.01. The minimum Gasteiger partial charge on any atom is -0.478 e. The molecule has 0 aromatic carbocycles. The van der Waals surface area contributed by atoms with E-state index in [4.69, 9.17) is 4.52 Å². The van der Waals surface area contributed by atoms with Gasteiger partial charge < -0.3 is 9.63 Å². The van der Waals surface area contributed by atoms with Crippen LogP contribution in [0.3, 0.4) is 0 Å². The standard InChI is InChI=1S/C19H20N2O4S/c1-9-16(11-6-7-11)17(18-20-10(2)21-25-18)15(26-9)8-14(22)12-4-3-5-13(12)19(23)24/h11H,3-8H2,1-2H3,(H,23,24). The van der Waals surface area contributed by atoms with E-state index >= 15 is 0 Å². The smallest absolute Gasteiger partial charge is 0.331 e. The van der Waals surface area contributed by atoms with Gasteiger partial charge >= 0.3 is 5.97 Å².